The number of carbonyl (C=O) groups is 1. The van der Waals surface area contributed by atoms with E-state index in [2.05, 4.69) is 20.4 Å². The van der Waals surface area contributed by atoms with Crippen LogP contribution in [0.5, 0.6) is 5.75 Å². The van der Waals surface area contributed by atoms with E-state index in [0.717, 1.165) is 6.07 Å². The zero-order valence-corrected chi connectivity index (χ0v) is 20.5. The third-order valence-electron chi connectivity index (χ3n) is 6.08. The largest absolute Gasteiger partial charge is 0.495 e. The van der Waals surface area contributed by atoms with Gasteiger partial charge in [-0.2, -0.15) is 5.10 Å². The molecule has 3 aromatic rings. The van der Waals surface area contributed by atoms with Crippen LogP contribution in [0, 0.1) is 11.6 Å². The van der Waals surface area contributed by atoms with Crippen molar-refractivity contribution in [2.45, 2.75) is 44.8 Å². The number of anilines is 1. The lowest BCUT2D eigenvalue weighted by Crippen LogP contribution is -2.36. The second-order valence-corrected chi connectivity index (χ2v) is 9.95. The number of hydrogen-bond acceptors (Lipinski definition) is 8. The molecular formula is C24H28F2N6O4. The molecule has 192 valence electrons. The van der Waals surface area contributed by atoms with Crippen LogP contribution >= 0.6 is 0 Å². The minimum absolute atomic E-state index is 0.0538. The molecule has 0 aliphatic carbocycles. The van der Waals surface area contributed by atoms with E-state index in [-0.39, 0.29) is 29.2 Å². The number of amides is 1. The molecule has 2 aliphatic heterocycles. The fourth-order valence-electron chi connectivity index (χ4n) is 4.22. The zero-order chi connectivity index (χ0) is 25.6. The lowest BCUT2D eigenvalue weighted by Gasteiger charge is -2.26. The molecule has 1 N–H and O–H groups in total. The number of imidazole rings is 1. The van der Waals surface area contributed by atoms with Gasteiger partial charge >= 0.3 is 6.09 Å². The number of halogens is 2. The second-order valence-electron chi connectivity index (χ2n) is 9.95. The Balaban J connectivity index is 1.41. The first-order valence-electron chi connectivity index (χ1n) is 11.7. The van der Waals surface area contributed by atoms with Gasteiger partial charge in [-0.15, -0.1) is 0 Å². The first-order chi connectivity index (χ1) is 17.1. The quantitative estimate of drug-likeness (QED) is 0.565. The van der Waals surface area contributed by atoms with Crippen molar-refractivity contribution in [1.82, 2.24) is 24.5 Å². The summed E-state index contributed by atoms with van der Waals surface area (Å²) in [5.41, 5.74) is 0.678. The van der Waals surface area contributed by atoms with Gasteiger partial charge in [0.15, 0.2) is 23.1 Å². The molecule has 0 radical (unpaired) electrons. The summed E-state index contributed by atoms with van der Waals surface area (Å²) < 4.78 is 47.2. The summed E-state index contributed by atoms with van der Waals surface area (Å²) in [6, 6.07) is 2.23. The van der Waals surface area contributed by atoms with E-state index in [1.165, 1.54) is 10.7 Å². The number of rotatable bonds is 5. The van der Waals surface area contributed by atoms with Crippen molar-refractivity contribution in [3.05, 3.63) is 35.7 Å². The minimum Gasteiger partial charge on any atom is -0.495 e. The Morgan fingerprint density at radius 3 is 2.67 bits per heavy atom. The Hall–Kier alpha value is -3.54. The van der Waals surface area contributed by atoms with E-state index in [0.29, 0.717) is 49.8 Å². The summed E-state index contributed by atoms with van der Waals surface area (Å²) in [6.07, 6.45) is 1.58. The molecule has 1 unspecified atom stereocenters. The number of pyridine rings is 1. The summed E-state index contributed by atoms with van der Waals surface area (Å²) in [5, 5.41) is 7.64. The number of methoxy groups -OCH3 is 1. The molecule has 0 spiro atoms. The van der Waals surface area contributed by atoms with Crippen LogP contribution < -0.4 is 10.1 Å². The minimum atomic E-state index is -0.840. The highest BCUT2D eigenvalue weighted by Gasteiger charge is 2.31. The van der Waals surface area contributed by atoms with Crippen molar-refractivity contribution < 1.29 is 27.8 Å². The molecule has 1 atom stereocenters. The molecule has 3 aromatic heterocycles. The van der Waals surface area contributed by atoms with Crippen molar-refractivity contribution in [2.24, 2.45) is 0 Å². The molecule has 2 fully saturated rings. The number of carbonyl (C=O) groups excluding carboxylic acids is 1. The number of nitrogens with one attached hydrogen (secondary N) is 1. The number of aromatic nitrogens is 4. The average Bonchev–Trinajstić information content (AvgIpc) is 3.40. The maximum atomic E-state index is 14.9. The number of ether oxygens (including phenoxy) is 3. The summed E-state index contributed by atoms with van der Waals surface area (Å²) in [5.74, 6) is -1.16. The maximum Gasteiger partial charge on any atom is 0.410 e. The van der Waals surface area contributed by atoms with Crippen LogP contribution in [0.25, 0.3) is 17.0 Å². The number of hydrogen-bond donors (Lipinski definition) is 1. The maximum absolute atomic E-state index is 14.9. The normalized spacial score (nSPS) is 18.4. The van der Waals surface area contributed by atoms with E-state index >= 15 is 0 Å². The average molecular weight is 503 g/mol. The Morgan fingerprint density at radius 1 is 1.22 bits per heavy atom. The molecular weight excluding hydrogens is 474 g/mol. The van der Waals surface area contributed by atoms with E-state index in [4.69, 9.17) is 14.2 Å². The highest BCUT2D eigenvalue weighted by atomic mass is 19.1. The molecule has 2 saturated heterocycles. The predicted molar refractivity (Wildman–Crippen MR) is 126 cm³/mol. The van der Waals surface area contributed by atoms with Crippen LogP contribution in [-0.2, 0) is 9.47 Å². The first-order valence-corrected chi connectivity index (χ1v) is 11.7. The lowest BCUT2D eigenvalue weighted by molar-refractivity contribution is 0.00529. The standard InChI is InChI=1S/C24H28F2N6O4/c1-24(2,3)36-23(33)31-6-5-14(10-31)28-22-16(26)7-15(25)21(29-22)17-9-27-19-8-18(34-4)20(30-32(17)19)13-11-35-12-13/h7-9,13-14H,5-6,10-12H2,1-4H3,(H,28,29). The van der Waals surface area contributed by atoms with Crippen molar-refractivity contribution in [3.63, 3.8) is 0 Å². The van der Waals surface area contributed by atoms with Gasteiger partial charge in [-0.1, -0.05) is 0 Å². The van der Waals surface area contributed by atoms with Gasteiger partial charge in [0.1, 0.15) is 28.4 Å². The van der Waals surface area contributed by atoms with E-state index in [9.17, 15) is 13.6 Å². The Bertz CT molecular complexity index is 1300. The van der Waals surface area contributed by atoms with Crippen LogP contribution in [0.1, 0.15) is 38.8 Å². The summed E-state index contributed by atoms with van der Waals surface area (Å²) in [7, 11) is 1.55. The van der Waals surface area contributed by atoms with E-state index < -0.39 is 23.3 Å². The second kappa shape index (κ2) is 9.16. The van der Waals surface area contributed by atoms with Crippen LogP contribution in [-0.4, -0.2) is 75.6 Å². The lowest BCUT2D eigenvalue weighted by atomic mass is 10.0. The van der Waals surface area contributed by atoms with Gasteiger partial charge in [0.05, 0.1) is 32.4 Å². The molecule has 36 heavy (non-hydrogen) atoms. The summed E-state index contributed by atoms with van der Waals surface area (Å²) in [6.45, 7) is 7.18. The molecule has 0 saturated carbocycles. The molecule has 5 rings (SSSR count). The molecule has 2 aliphatic rings. The molecule has 1 amide bonds. The van der Waals surface area contributed by atoms with Gasteiger partial charge < -0.3 is 24.4 Å². The Kier molecular flexibility index (Phi) is 6.15. The van der Waals surface area contributed by atoms with E-state index in [1.54, 1.807) is 38.8 Å². The number of nitrogens with zero attached hydrogens (tertiary/aromatic N) is 5. The topological polar surface area (TPSA) is 103 Å². The van der Waals surface area contributed by atoms with Gasteiger partial charge in [-0.05, 0) is 27.2 Å². The van der Waals surface area contributed by atoms with Crippen molar-refractivity contribution in [3.8, 4) is 17.1 Å². The highest BCUT2D eigenvalue weighted by molar-refractivity contribution is 5.69. The first kappa shape index (κ1) is 24.2. The van der Waals surface area contributed by atoms with Crippen molar-refractivity contribution >= 4 is 17.6 Å². The SMILES string of the molecule is COc1cc2ncc(-c3nc(NC4CCN(C(=O)OC(C)(C)C)C4)c(F)cc3F)n2nc1C1COC1. The van der Waals surface area contributed by atoms with Gasteiger partial charge in [-0.3, -0.25) is 0 Å². The third-order valence-corrected chi connectivity index (χ3v) is 6.08. The van der Waals surface area contributed by atoms with Gasteiger partial charge in [-0.25, -0.2) is 28.1 Å². The van der Waals surface area contributed by atoms with Crippen LogP contribution in [0.4, 0.5) is 19.4 Å². The number of likely N-dealkylation sites (tertiary alicyclic amines) is 1. The predicted octanol–water partition coefficient (Wildman–Crippen LogP) is 3.61. The summed E-state index contributed by atoms with van der Waals surface area (Å²) >= 11 is 0. The fourth-order valence-corrected chi connectivity index (χ4v) is 4.22. The monoisotopic (exact) mass is 502 g/mol. The third kappa shape index (κ3) is 4.64. The molecule has 12 heteroatoms. The van der Waals surface area contributed by atoms with Crippen molar-refractivity contribution in [1.29, 1.82) is 0 Å². The van der Waals surface area contributed by atoms with Crippen LogP contribution in [0.3, 0.4) is 0 Å². The Morgan fingerprint density at radius 2 is 2.00 bits per heavy atom. The van der Waals surface area contributed by atoms with Gasteiger partial charge in [0.25, 0.3) is 0 Å². The van der Waals surface area contributed by atoms with Crippen LogP contribution in [0.2, 0.25) is 0 Å². The smallest absolute Gasteiger partial charge is 0.410 e. The zero-order valence-electron chi connectivity index (χ0n) is 20.5. The van der Waals surface area contributed by atoms with E-state index in [1.807, 2.05) is 0 Å². The highest BCUT2D eigenvalue weighted by Crippen LogP contribution is 2.33. The van der Waals surface area contributed by atoms with Crippen LogP contribution in [0.15, 0.2) is 18.3 Å². The molecule has 0 aromatic carbocycles. The fraction of sp³-hybridized carbons (Fsp3) is 0.500. The van der Waals surface area contributed by atoms with Gasteiger partial charge in [0.2, 0.25) is 0 Å². The summed E-state index contributed by atoms with van der Waals surface area (Å²) in [4.78, 5) is 22.5. The van der Waals surface area contributed by atoms with Gasteiger partial charge in [0, 0.05) is 31.3 Å². The molecule has 10 nitrogen and oxygen atoms in total. The molecule has 5 heterocycles. The number of fused-ring (bicyclic) bond motifs is 1. The van der Waals surface area contributed by atoms with Crippen molar-refractivity contribution in [2.75, 3.05) is 38.7 Å². The Labute approximate surface area is 206 Å². The molecule has 0 bridgehead atoms.